The van der Waals surface area contributed by atoms with E-state index in [0.29, 0.717) is 13.1 Å². The zero-order valence-electron chi connectivity index (χ0n) is 9.29. The maximum absolute atomic E-state index is 10.7. The zero-order valence-corrected chi connectivity index (χ0v) is 9.29. The minimum atomic E-state index is -0.470. The third kappa shape index (κ3) is 2.44. The Bertz CT molecular complexity index is 443. The van der Waals surface area contributed by atoms with Crippen LogP contribution >= 0.6 is 0 Å². The quantitative estimate of drug-likeness (QED) is 0.624. The highest BCUT2D eigenvalue weighted by Crippen LogP contribution is 2.16. The summed E-state index contributed by atoms with van der Waals surface area (Å²) in [6.07, 6.45) is 0. The van der Waals surface area contributed by atoms with Gasteiger partial charge in [-0.3, -0.25) is 0 Å². The molecular weight excluding hydrogens is 224 g/mol. The van der Waals surface area contributed by atoms with E-state index in [-0.39, 0.29) is 5.96 Å². The van der Waals surface area contributed by atoms with Crippen LogP contribution in [-0.2, 0) is 0 Å². The standard InChI is InChI=1S/C10H12N4O3/c1-17-9-4-2-8(3-5-9)12-10-11-6-7-13(10)14(15)16/h2-5H,6-7H2,1H3,(H,11,12). The van der Waals surface area contributed by atoms with Crippen LogP contribution in [0.1, 0.15) is 0 Å². The van der Waals surface area contributed by atoms with Crippen LogP contribution in [0.2, 0.25) is 0 Å². The van der Waals surface area contributed by atoms with Gasteiger partial charge in [0.15, 0.2) is 5.03 Å². The number of anilines is 1. The summed E-state index contributed by atoms with van der Waals surface area (Å²) in [5.74, 6) is 0.996. The number of hydrazine groups is 1. The van der Waals surface area contributed by atoms with Crippen LogP contribution < -0.4 is 10.1 Å². The number of nitrogens with one attached hydrogen (secondary N) is 1. The Hall–Kier alpha value is -2.31. The summed E-state index contributed by atoms with van der Waals surface area (Å²) in [5.41, 5.74) is 0.735. The van der Waals surface area contributed by atoms with E-state index >= 15 is 0 Å². The first kappa shape index (κ1) is 11.2. The van der Waals surface area contributed by atoms with Gasteiger partial charge in [0, 0.05) is 5.69 Å². The molecule has 17 heavy (non-hydrogen) atoms. The van der Waals surface area contributed by atoms with Crippen molar-refractivity contribution in [1.82, 2.24) is 5.01 Å². The van der Waals surface area contributed by atoms with Crippen molar-refractivity contribution in [2.24, 2.45) is 4.99 Å². The van der Waals surface area contributed by atoms with Gasteiger partial charge in [-0.2, -0.15) is 0 Å². The third-order valence-corrected chi connectivity index (χ3v) is 2.36. The average Bonchev–Trinajstić information content (AvgIpc) is 2.78. The van der Waals surface area contributed by atoms with E-state index in [0.717, 1.165) is 16.4 Å². The van der Waals surface area contributed by atoms with Crippen LogP contribution in [0.25, 0.3) is 0 Å². The van der Waals surface area contributed by atoms with Crippen molar-refractivity contribution in [2.75, 3.05) is 25.5 Å². The smallest absolute Gasteiger partial charge is 0.262 e. The molecule has 0 aliphatic carbocycles. The Balaban J connectivity index is 2.07. The molecule has 0 aromatic heterocycles. The van der Waals surface area contributed by atoms with E-state index in [4.69, 9.17) is 4.74 Å². The van der Waals surface area contributed by atoms with Crippen molar-refractivity contribution in [3.63, 3.8) is 0 Å². The number of benzene rings is 1. The summed E-state index contributed by atoms with van der Waals surface area (Å²) in [5, 5.41) is 14.1. The molecule has 90 valence electrons. The van der Waals surface area contributed by atoms with Gasteiger partial charge in [0.1, 0.15) is 12.3 Å². The fraction of sp³-hybridized carbons (Fsp3) is 0.300. The van der Waals surface area contributed by atoms with Crippen molar-refractivity contribution < 1.29 is 9.77 Å². The molecule has 7 nitrogen and oxygen atoms in total. The predicted octanol–water partition coefficient (Wildman–Crippen LogP) is 0.970. The van der Waals surface area contributed by atoms with Crippen molar-refractivity contribution in [3.05, 3.63) is 34.4 Å². The van der Waals surface area contributed by atoms with E-state index in [9.17, 15) is 10.1 Å². The molecule has 7 heteroatoms. The van der Waals surface area contributed by atoms with Crippen molar-refractivity contribution in [1.29, 1.82) is 0 Å². The molecule has 1 aliphatic rings. The van der Waals surface area contributed by atoms with Crippen LogP contribution in [0.15, 0.2) is 29.3 Å². The molecule has 0 amide bonds. The predicted molar refractivity (Wildman–Crippen MR) is 62.6 cm³/mol. The van der Waals surface area contributed by atoms with E-state index in [1.54, 1.807) is 31.4 Å². The molecule has 2 rings (SSSR count). The Morgan fingerprint density at radius 1 is 1.47 bits per heavy atom. The van der Waals surface area contributed by atoms with E-state index in [1.807, 2.05) is 0 Å². The molecule has 1 aromatic rings. The Labute approximate surface area is 97.8 Å². The average molecular weight is 236 g/mol. The van der Waals surface area contributed by atoms with Gasteiger partial charge in [-0.1, -0.05) is 5.01 Å². The van der Waals surface area contributed by atoms with E-state index in [2.05, 4.69) is 10.3 Å². The topological polar surface area (TPSA) is 80.0 Å². The number of nitrogens with zero attached hydrogens (tertiary/aromatic N) is 3. The summed E-state index contributed by atoms with van der Waals surface area (Å²) < 4.78 is 5.02. The molecule has 1 aromatic carbocycles. The summed E-state index contributed by atoms with van der Waals surface area (Å²) >= 11 is 0. The first-order valence-electron chi connectivity index (χ1n) is 5.08. The summed E-state index contributed by atoms with van der Waals surface area (Å²) in [6, 6.07) is 7.10. The van der Waals surface area contributed by atoms with Gasteiger partial charge in [-0.05, 0) is 24.3 Å². The zero-order chi connectivity index (χ0) is 12.3. The summed E-state index contributed by atoms with van der Waals surface area (Å²) in [4.78, 5) is 14.7. The van der Waals surface area contributed by atoms with Crippen LogP contribution in [0.5, 0.6) is 5.75 Å². The van der Waals surface area contributed by atoms with Crippen molar-refractivity contribution in [2.45, 2.75) is 0 Å². The summed E-state index contributed by atoms with van der Waals surface area (Å²) in [6.45, 7) is 0.727. The molecule has 0 saturated heterocycles. The van der Waals surface area contributed by atoms with Gasteiger partial charge in [-0.25, -0.2) is 15.1 Å². The number of rotatable bonds is 3. The van der Waals surface area contributed by atoms with Crippen LogP contribution in [0.3, 0.4) is 0 Å². The highest BCUT2D eigenvalue weighted by Gasteiger charge is 2.26. The maximum atomic E-state index is 10.7. The number of hydrogen-bond acceptors (Lipinski definition) is 5. The summed E-state index contributed by atoms with van der Waals surface area (Å²) in [7, 11) is 1.58. The largest absolute Gasteiger partial charge is 0.497 e. The first-order chi connectivity index (χ1) is 8.20. The van der Waals surface area contributed by atoms with Gasteiger partial charge < -0.3 is 10.1 Å². The Kier molecular flexibility index (Phi) is 3.08. The lowest BCUT2D eigenvalue weighted by Crippen LogP contribution is -2.37. The highest BCUT2D eigenvalue weighted by molar-refractivity contribution is 5.93. The Morgan fingerprint density at radius 2 is 2.18 bits per heavy atom. The normalized spacial score (nSPS) is 14.4. The second kappa shape index (κ2) is 4.69. The molecule has 0 unspecified atom stereocenters. The monoisotopic (exact) mass is 236 g/mol. The molecule has 0 atom stereocenters. The van der Waals surface area contributed by atoms with Gasteiger partial charge in [0.25, 0.3) is 5.96 Å². The SMILES string of the molecule is COc1ccc(NC2=NCCN2[N+](=O)[O-])cc1. The molecule has 0 radical (unpaired) electrons. The highest BCUT2D eigenvalue weighted by atomic mass is 16.7. The van der Waals surface area contributed by atoms with E-state index in [1.165, 1.54) is 0 Å². The van der Waals surface area contributed by atoms with Gasteiger partial charge in [-0.15, -0.1) is 0 Å². The van der Waals surface area contributed by atoms with Crippen molar-refractivity contribution in [3.8, 4) is 5.75 Å². The van der Waals surface area contributed by atoms with Crippen LogP contribution in [0.4, 0.5) is 5.69 Å². The fourth-order valence-corrected chi connectivity index (χ4v) is 1.50. The van der Waals surface area contributed by atoms with Gasteiger partial charge in [0.05, 0.1) is 13.7 Å². The number of guanidine groups is 1. The molecular formula is C10H12N4O3. The first-order valence-corrected chi connectivity index (χ1v) is 5.08. The number of nitro groups is 1. The molecule has 1 aliphatic heterocycles. The molecule has 1 heterocycles. The van der Waals surface area contributed by atoms with Gasteiger partial charge in [0.2, 0.25) is 0 Å². The number of aliphatic imine (C=N–C) groups is 1. The molecule has 0 saturated carbocycles. The molecule has 1 N–H and O–H groups in total. The lowest BCUT2D eigenvalue weighted by atomic mass is 10.3. The minimum Gasteiger partial charge on any atom is -0.497 e. The third-order valence-electron chi connectivity index (χ3n) is 2.36. The number of methoxy groups -OCH3 is 1. The Morgan fingerprint density at radius 3 is 2.76 bits per heavy atom. The molecule has 0 bridgehead atoms. The lowest BCUT2D eigenvalue weighted by molar-refractivity contribution is -0.626. The minimum absolute atomic E-state index is 0.264. The van der Waals surface area contributed by atoms with Crippen LogP contribution in [-0.4, -0.2) is 36.2 Å². The number of hydrogen-bond donors (Lipinski definition) is 1. The van der Waals surface area contributed by atoms with Gasteiger partial charge >= 0.3 is 0 Å². The number of ether oxygens (including phenoxy) is 1. The second-order valence-corrected chi connectivity index (χ2v) is 3.42. The van der Waals surface area contributed by atoms with Crippen molar-refractivity contribution >= 4 is 11.6 Å². The fourth-order valence-electron chi connectivity index (χ4n) is 1.50. The van der Waals surface area contributed by atoms with E-state index < -0.39 is 5.03 Å². The lowest BCUT2D eigenvalue weighted by Gasteiger charge is -2.11. The second-order valence-electron chi connectivity index (χ2n) is 3.42. The van der Waals surface area contributed by atoms with Crippen LogP contribution in [0, 0.1) is 10.1 Å². The molecule has 0 spiro atoms. The molecule has 0 fully saturated rings. The maximum Gasteiger partial charge on any atom is 0.262 e.